The zero-order valence-corrected chi connectivity index (χ0v) is 8.03. The number of benzene rings is 2. The zero-order valence-electron chi connectivity index (χ0n) is 8.03. The van der Waals surface area contributed by atoms with Gasteiger partial charge < -0.3 is 0 Å². The fraction of sp³-hybridized carbons (Fsp3) is 0. The predicted octanol–water partition coefficient (Wildman–Crippen LogP) is 4.13. The van der Waals surface area contributed by atoms with Crippen LogP contribution in [0.15, 0.2) is 49.6 Å². The summed E-state index contributed by atoms with van der Waals surface area (Å²) in [4.78, 5) is 0. The Bertz CT molecular complexity index is 492. The molecule has 0 atom stereocenters. The van der Waals surface area contributed by atoms with Gasteiger partial charge in [0.25, 0.3) is 0 Å². The third-order valence-corrected chi connectivity index (χ3v) is 2.43. The number of hydrogen-bond donors (Lipinski definition) is 0. The fourth-order valence-corrected chi connectivity index (χ4v) is 1.72. The lowest BCUT2D eigenvalue weighted by Gasteiger charge is -2.05. The molecule has 0 saturated carbocycles. The summed E-state index contributed by atoms with van der Waals surface area (Å²) in [6.07, 6.45) is 3.75. The van der Waals surface area contributed by atoms with E-state index in [1.807, 2.05) is 24.3 Å². The molecule has 0 aliphatic rings. The normalized spacial score (nSPS) is 10.0. The first-order valence-corrected chi connectivity index (χ1v) is 4.63. The van der Waals surface area contributed by atoms with E-state index in [9.17, 15) is 0 Å². The molecule has 2 aromatic rings. The van der Waals surface area contributed by atoms with E-state index in [0.717, 1.165) is 11.1 Å². The van der Waals surface area contributed by atoms with Crippen LogP contribution in [-0.2, 0) is 0 Å². The summed E-state index contributed by atoms with van der Waals surface area (Å²) in [7, 11) is 0. The second-order valence-electron chi connectivity index (χ2n) is 3.20. The van der Waals surface area contributed by atoms with Crippen LogP contribution in [0.3, 0.4) is 0 Å². The van der Waals surface area contributed by atoms with Crippen molar-refractivity contribution in [3.63, 3.8) is 0 Å². The predicted molar refractivity (Wildman–Crippen MR) is 64.1 cm³/mol. The Morgan fingerprint density at radius 2 is 1.64 bits per heavy atom. The van der Waals surface area contributed by atoms with Crippen molar-refractivity contribution in [3.8, 4) is 0 Å². The molecule has 0 aromatic heterocycles. The van der Waals surface area contributed by atoms with Gasteiger partial charge in [0.05, 0.1) is 0 Å². The van der Waals surface area contributed by atoms with E-state index in [1.54, 1.807) is 0 Å². The Morgan fingerprint density at radius 1 is 0.857 bits per heavy atom. The average Bonchev–Trinajstić information content (AvgIpc) is 2.27. The number of hydrogen-bond acceptors (Lipinski definition) is 0. The zero-order chi connectivity index (χ0) is 9.97. The van der Waals surface area contributed by atoms with Crippen LogP contribution in [0.25, 0.3) is 22.9 Å². The molecule has 0 amide bonds. The molecule has 0 spiro atoms. The van der Waals surface area contributed by atoms with Crippen LogP contribution in [0.2, 0.25) is 0 Å². The van der Waals surface area contributed by atoms with E-state index in [1.165, 1.54) is 10.8 Å². The molecule has 0 unspecified atom stereocenters. The summed E-state index contributed by atoms with van der Waals surface area (Å²) in [6, 6.07) is 12.5. The molecular formula is C14H12. The molecule has 2 rings (SSSR count). The Balaban J connectivity index is 2.90. The van der Waals surface area contributed by atoms with Crippen molar-refractivity contribution >= 4 is 22.9 Å². The smallest absolute Gasteiger partial charge is 0.0106 e. The maximum atomic E-state index is 3.84. The second kappa shape index (κ2) is 3.51. The standard InChI is InChI=1S/C14H12/c1-3-11-9-10-12-7-5-6-8-14(12)13(11)4-2/h3-10H,1-2H2. The largest absolute Gasteiger partial charge is 0.0984 e. The molecule has 0 heterocycles. The van der Waals surface area contributed by atoms with Crippen LogP contribution in [0.4, 0.5) is 0 Å². The molecule has 0 bridgehead atoms. The van der Waals surface area contributed by atoms with Crippen LogP contribution < -0.4 is 0 Å². The average molecular weight is 180 g/mol. The molecule has 14 heavy (non-hydrogen) atoms. The SMILES string of the molecule is C=Cc1ccc2ccccc2c1C=C. The monoisotopic (exact) mass is 180 g/mol. The van der Waals surface area contributed by atoms with E-state index in [4.69, 9.17) is 0 Å². The van der Waals surface area contributed by atoms with E-state index in [2.05, 4.69) is 37.4 Å². The van der Waals surface area contributed by atoms with Gasteiger partial charge in [-0.15, -0.1) is 0 Å². The third-order valence-electron chi connectivity index (χ3n) is 2.43. The van der Waals surface area contributed by atoms with Crippen molar-refractivity contribution in [2.45, 2.75) is 0 Å². The molecular weight excluding hydrogens is 168 g/mol. The Morgan fingerprint density at radius 3 is 2.36 bits per heavy atom. The highest BCUT2D eigenvalue weighted by Crippen LogP contribution is 2.23. The first kappa shape index (κ1) is 8.76. The van der Waals surface area contributed by atoms with Gasteiger partial charge in [0, 0.05) is 0 Å². The van der Waals surface area contributed by atoms with Crippen LogP contribution in [0.1, 0.15) is 11.1 Å². The van der Waals surface area contributed by atoms with Crippen molar-refractivity contribution in [1.29, 1.82) is 0 Å². The first-order valence-electron chi connectivity index (χ1n) is 4.63. The minimum Gasteiger partial charge on any atom is -0.0984 e. The van der Waals surface area contributed by atoms with Crippen LogP contribution in [-0.4, -0.2) is 0 Å². The van der Waals surface area contributed by atoms with Crippen molar-refractivity contribution < 1.29 is 0 Å². The van der Waals surface area contributed by atoms with Gasteiger partial charge in [-0.25, -0.2) is 0 Å². The first-order chi connectivity index (χ1) is 6.86. The molecule has 0 N–H and O–H groups in total. The highest BCUT2D eigenvalue weighted by atomic mass is 14.0. The molecule has 68 valence electrons. The van der Waals surface area contributed by atoms with Gasteiger partial charge in [-0.1, -0.05) is 61.7 Å². The summed E-state index contributed by atoms with van der Waals surface area (Å²) in [5, 5.41) is 2.48. The summed E-state index contributed by atoms with van der Waals surface area (Å²) in [5.74, 6) is 0. The summed E-state index contributed by atoms with van der Waals surface area (Å²) < 4.78 is 0. The Kier molecular flexibility index (Phi) is 2.19. The Hall–Kier alpha value is -1.82. The lowest BCUT2D eigenvalue weighted by molar-refractivity contribution is 1.67. The molecule has 0 fully saturated rings. The topological polar surface area (TPSA) is 0 Å². The van der Waals surface area contributed by atoms with E-state index in [0.29, 0.717) is 0 Å². The molecule has 0 heteroatoms. The van der Waals surface area contributed by atoms with Crippen molar-refractivity contribution in [2.24, 2.45) is 0 Å². The van der Waals surface area contributed by atoms with Gasteiger partial charge in [0.2, 0.25) is 0 Å². The van der Waals surface area contributed by atoms with Crippen LogP contribution in [0, 0.1) is 0 Å². The molecule has 0 radical (unpaired) electrons. The van der Waals surface area contributed by atoms with Crippen molar-refractivity contribution in [1.82, 2.24) is 0 Å². The molecule has 2 aromatic carbocycles. The summed E-state index contributed by atoms with van der Waals surface area (Å²) >= 11 is 0. The second-order valence-corrected chi connectivity index (χ2v) is 3.20. The maximum absolute atomic E-state index is 3.84. The molecule has 0 aliphatic carbocycles. The van der Waals surface area contributed by atoms with E-state index >= 15 is 0 Å². The minimum atomic E-state index is 1.14. The lowest BCUT2D eigenvalue weighted by Crippen LogP contribution is -1.82. The minimum absolute atomic E-state index is 1.14. The van der Waals surface area contributed by atoms with Gasteiger partial charge in [-0.05, 0) is 21.9 Å². The number of fused-ring (bicyclic) bond motifs is 1. The van der Waals surface area contributed by atoms with Gasteiger partial charge in [-0.3, -0.25) is 0 Å². The number of rotatable bonds is 2. The highest BCUT2D eigenvalue weighted by Gasteiger charge is 2.00. The molecule has 0 nitrogen and oxygen atoms in total. The third kappa shape index (κ3) is 1.25. The van der Waals surface area contributed by atoms with Gasteiger partial charge in [0.1, 0.15) is 0 Å². The van der Waals surface area contributed by atoms with Crippen molar-refractivity contribution in [2.75, 3.05) is 0 Å². The quantitative estimate of drug-likeness (QED) is 0.652. The van der Waals surface area contributed by atoms with Crippen LogP contribution in [0.5, 0.6) is 0 Å². The van der Waals surface area contributed by atoms with Gasteiger partial charge >= 0.3 is 0 Å². The summed E-state index contributed by atoms with van der Waals surface area (Å²) in [5.41, 5.74) is 2.30. The lowest BCUT2D eigenvalue weighted by atomic mass is 9.99. The molecule has 0 aliphatic heterocycles. The summed E-state index contributed by atoms with van der Waals surface area (Å²) in [6.45, 7) is 7.64. The van der Waals surface area contributed by atoms with E-state index in [-0.39, 0.29) is 0 Å². The van der Waals surface area contributed by atoms with Crippen molar-refractivity contribution in [3.05, 3.63) is 60.7 Å². The van der Waals surface area contributed by atoms with Gasteiger partial charge in [-0.2, -0.15) is 0 Å². The Labute approximate surface area is 84.2 Å². The maximum Gasteiger partial charge on any atom is -0.0106 e. The molecule has 0 saturated heterocycles. The van der Waals surface area contributed by atoms with Crippen LogP contribution >= 0.6 is 0 Å². The van der Waals surface area contributed by atoms with E-state index < -0.39 is 0 Å². The van der Waals surface area contributed by atoms with Gasteiger partial charge in [0.15, 0.2) is 0 Å². The highest BCUT2D eigenvalue weighted by molar-refractivity contribution is 5.93. The fourth-order valence-electron chi connectivity index (χ4n) is 1.72.